The summed E-state index contributed by atoms with van der Waals surface area (Å²) in [6.45, 7) is 7.27. The Morgan fingerprint density at radius 3 is 2.37 bits per heavy atom. The Balaban J connectivity index is 2.06. The molecule has 19 heavy (non-hydrogen) atoms. The number of ether oxygens (including phenoxy) is 3. The van der Waals surface area contributed by atoms with Crippen molar-refractivity contribution in [3.05, 3.63) is 12.7 Å². The first-order valence-electron chi connectivity index (χ1n) is 6.18. The van der Waals surface area contributed by atoms with Gasteiger partial charge in [-0.2, -0.15) is 8.42 Å². The Bertz CT molecular complexity index is 443. The summed E-state index contributed by atoms with van der Waals surface area (Å²) < 4.78 is 44.2. The summed E-state index contributed by atoms with van der Waals surface area (Å²) in [4.78, 5) is 0. The van der Waals surface area contributed by atoms with Gasteiger partial charge in [-0.1, -0.05) is 6.08 Å². The van der Waals surface area contributed by atoms with Crippen molar-refractivity contribution in [2.24, 2.45) is 0 Å². The SMILES string of the molecule is C=CC[C@H]1O[C@H](COS(C)(=O)=O)[C@H]2OC(C)(C)O[C@H]21. The molecular weight excluding hydrogens is 272 g/mol. The van der Waals surface area contributed by atoms with E-state index in [4.69, 9.17) is 18.4 Å². The smallest absolute Gasteiger partial charge is 0.264 e. The summed E-state index contributed by atoms with van der Waals surface area (Å²) in [5.74, 6) is -0.693. The number of hydrogen-bond acceptors (Lipinski definition) is 6. The Hall–Kier alpha value is -0.470. The topological polar surface area (TPSA) is 71.1 Å². The van der Waals surface area contributed by atoms with E-state index in [0.29, 0.717) is 6.42 Å². The molecular formula is C12H20O6S. The average Bonchev–Trinajstić information content (AvgIpc) is 2.70. The molecule has 0 aromatic carbocycles. The van der Waals surface area contributed by atoms with Crippen LogP contribution in [0.25, 0.3) is 0 Å². The normalized spacial score (nSPS) is 37.2. The van der Waals surface area contributed by atoms with Gasteiger partial charge < -0.3 is 14.2 Å². The van der Waals surface area contributed by atoms with Crippen LogP contribution >= 0.6 is 0 Å². The second kappa shape index (κ2) is 5.14. The zero-order valence-corrected chi connectivity index (χ0v) is 12.2. The van der Waals surface area contributed by atoms with E-state index in [1.54, 1.807) is 6.08 Å². The molecule has 0 saturated carbocycles. The van der Waals surface area contributed by atoms with E-state index in [9.17, 15) is 8.42 Å². The van der Waals surface area contributed by atoms with Crippen LogP contribution in [0.5, 0.6) is 0 Å². The maximum atomic E-state index is 11.0. The first-order valence-corrected chi connectivity index (χ1v) is 8.00. The van der Waals surface area contributed by atoms with Gasteiger partial charge >= 0.3 is 0 Å². The first-order chi connectivity index (χ1) is 8.72. The lowest BCUT2D eigenvalue weighted by Gasteiger charge is -2.23. The van der Waals surface area contributed by atoms with Gasteiger partial charge in [0.25, 0.3) is 10.1 Å². The minimum atomic E-state index is -3.50. The van der Waals surface area contributed by atoms with Gasteiger partial charge in [0.05, 0.1) is 19.0 Å². The Morgan fingerprint density at radius 1 is 1.26 bits per heavy atom. The van der Waals surface area contributed by atoms with Gasteiger partial charge in [0.1, 0.15) is 18.3 Å². The van der Waals surface area contributed by atoms with E-state index < -0.39 is 22.0 Å². The fourth-order valence-electron chi connectivity index (χ4n) is 2.45. The Morgan fingerprint density at radius 2 is 1.84 bits per heavy atom. The van der Waals surface area contributed by atoms with Gasteiger partial charge in [-0.3, -0.25) is 4.18 Å². The van der Waals surface area contributed by atoms with Crippen LogP contribution in [0, 0.1) is 0 Å². The highest BCUT2D eigenvalue weighted by molar-refractivity contribution is 7.85. The quantitative estimate of drug-likeness (QED) is 0.552. The van der Waals surface area contributed by atoms with Crippen molar-refractivity contribution in [3.8, 4) is 0 Å². The maximum Gasteiger partial charge on any atom is 0.264 e. The van der Waals surface area contributed by atoms with Crippen LogP contribution in [-0.4, -0.2) is 51.5 Å². The molecule has 7 heteroatoms. The van der Waals surface area contributed by atoms with Crippen LogP contribution in [0.2, 0.25) is 0 Å². The molecule has 0 aromatic rings. The van der Waals surface area contributed by atoms with Gasteiger partial charge in [-0.25, -0.2) is 0 Å². The largest absolute Gasteiger partial charge is 0.367 e. The third kappa shape index (κ3) is 3.55. The summed E-state index contributed by atoms with van der Waals surface area (Å²) in [5, 5.41) is 0. The number of fused-ring (bicyclic) bond motifs is 1. The van der Waals surface area contributed by atoms with Crippen molar-refractivity contribution in [1.82, 2.24) is 0 Å². The van der Waals surface area contributed by atoms with E-state index in [0.717, 1.165) is 6.26 Å². The fourth-order valence-corrected chi connectivity index (χ4v) is 2.83. The van der Waals surface area contributed by atoms with E-state index in [1.807, 2.05) is 13.8 Å². The molecule has 2 fully saturated rings. The molecule has 110 valence electrons. The maximum absolute atomic E-state index is 11.0. The molecule has 0 unspecified atom stereocenters. The lowest BCUT2D eigenvalue weighted by Crippen LogP contribution is -2.33. The minimum Gasteiger partial charge on any atom is -0.367 e. The number of rotatable bonds is 5. The van der Waals surface area contributed by atoms with Crippen LogP contribution in [0.3, 0.4) is 0 Å². The molecule has 6 nitrogen and oxygen atoms in total. The fraction of sp³-hybridized carbons (Fsp3) is 0.833. The van der Waals surface area contributed by atoms with Crippen molar-refractivity contribution >= 4 is 10.1 Å². The molecule has 2 saturated heterocycles. The van der Waals surface area contributed by atoms with Gasteiger partial charge in [-0.15, -0.1) is 6.58 Å². The number of hydrogen-bond donors (Lipinski definition) is 0. The van der Waals surface area contributed by atoms with E-state index in [-0.39, 0.29) is 24.9 Å². The monoisotopic (exact) mass is 292 g/mol. The van der Waals surface area contributed by atoms with Crippen LogP contribution in [-0.2, 0) is 28.5 Å². The molecule has 2 aliphatic heterocycles. The highest BCUT2D eigenvalue weighted by Gasteiger charge is 2.54. The van der Waals surface area contributed by atoms with E-state index >= 15 is 0 Å². The molecule has 0 aromatic heterocycles. The highest BCUT2D eigenvalue weighted by Crippen LogP contribution is 2.39. The van der Waals surface area contributed by atoms with Gasteiger partial charge in [0, 0.05) is 0 Å². The molecule has 0 bridgehead atoms. The lowest BCUT2D eigenvalue weighted by atomic mass is 10.1. The zero-order chi connectivity index (χ0) is 14.3. The van der Waals surface area contributed by atoms with Crippen molar-refractivity contribution in [2.75, 3.05) is 12.9 Å². The van der Waals surface area contributed by atoms with E-state index in [2.05, 4.69) is 6.58 Å². The lowest BCUT2D eigenvalue weighted by molar-refractivity contribution is -0.188. The van der Waals surface area contributed by atoms with Gasteiger partial charge in [0.2, 0.25) is 0 Å². The molecule has 2 aliphatic rings. The van der Waals surface area contributed by atoms with Crippen LogP contribution < -0.4 is 0 Å². The van der Waals surface area contributed by atoms with Crippen LogP contribution in [0.1, 0.15) is 20.3 Å². The van der Waals surface area contributed by atoms with E-state index in [1.165, 1.54) is 0 Å². The summed E-state index contributed by atoms with van der Waals surface area (Å²) >= 11 is 0. The van der Waals surface area contributed by atoms with Crippen LogP contribution in [0.15, 0.2) is 12.7 Å². The predicted molar refractivity (Wildman–Crippen MR) is 68.1 cm³/mol. The molecule has 4 atom stereocenters. The summed E-state index contributed by atoms with van der Waals surface area (Å²) in [5.41, 5.74) is 0. The summed E-state index contributed by atoms with van der Waals surface area (Å²) in [7, 11) is -3.50. The summed E-state index contributed by atoms with van der Waals surface area (Å²) in [6.07, 6.45) is 2.20. The molecule has 2 heterocycles. The van der Waals surface area contributed by atoms with Crippen molar-refractivity contribution < 1.29 is 26.8 Å². The van der Waals surface area contributed by atoms with Gasteiger partial charge in [-0.05, 0) is 20.3 Å². The standard InChI is InChI=1S/C12H20O6S/c1-5-6-8-10-11(18-12(2,3)17-10)9(16-8)7-15-19(4,13)14/h5,8-11H,1,6-7H2,2-4H3/t8-,9-,10+,11-/m1/s1. The molecule has 0 N–H and O–H groups in total. The minimum absolute atomic E-state index is 0.0624. The summed E-state index contributed by atoms with van der Waals surface area (Å²) in [6, 6.07) is 0. The second-order valence-corrected chi connectivity index (χ2v) is 6.93. The molecule has 0 amide bonds. The Labute approximate surface area is 113 Å². The van der Waals surface area contributed by atoms with Crippen LogP contribution in [0.4, 0.5) is 0 Å². The zero-order valence-electron chi connectivity index (χ0n) is 11.4. The predicted octanol–water partition coefficient (Wildman–Crippen LogP) is 0.826. The Kier molecular flexibility index (Phi) is 4.04. The molecule has 0 spiro atoms. The highest BCUT2D eigenvalue weighted by atomic mass is 32.2. The molecule has 0 aliphatic carbocycles. The van der Waals surface area contributed by atoms with Crippen molar-refractivity contribution in [1.29, 1.82) is 0 Å². The van der Waals surface area contributed by atoms with Gasteiger partial charge in [0.15, 0.2) is 5.79 Å². The molecule has 0 radical (unpaired) electrons. The van der Waals surface area contributed by atoms with Crippen molar-refractivity contribution in [2.45, 2.75) is 50.5 Å². The molecule has 2 rings (SSSR count). The second-order valence-electron chi connectivity index (χ2n) is 5.29. The first kappa shape index (κ1) is 14.9. The third-order valence-corrected chi connectivity index (χ3v) is 3.66. The van der Waals surface area contributed by atoms with Crippen molar-refractivity contribution in [3.63, 3.8) is 0 Å². The average molecular weight is 292 g/mol. The third-order valence-electron chi connectivity index (χ3n) is 3.09.